The number of hydrogen-bond donors (Lipinski definition) is 2. The van der Waals surface area contributed by atoms with Crippen LogP contribution in [-0.2, 0) is 13.2 Å². The minimum absolute atomic E-state index is 0.0872. The topological polar surface area (TPSA) is 32.3 Å². The first kappa shape index (κ1) is 14.2. The van der Waals surface area contributed by atoms with Gasteiger partial charge in [0.05, 0.1) is 6.61 Å². The summed E-state index contributed by atoms with van der Waals surface area (Å²) in [6.45, 7) is 0.915. The zero-order chi connectivity index (χ0) is 14.7. The molecule has 0 bridgehead atoms. The molecule has 0 atom stereocenters. The molecule has 0 saturated heterocycles. The molecule has 0 spiro atoms. The average molecular weight is 285 g/mol. The first-order valence-electron chi connectivity index (χ1n) is 7.42. The van der Waals surface area contributed by atoms with E-state index in [0.29, 0.717) is 12.0 Å². The summed E-state index contributed by atoms with van der Waals surface area (Å²) in [5, 5.41) is 12.7. The van der Waals surface area contributed by atoms with Crippen LogP contribution in [0.4, 0.5) is 4.39 Å². The van der Waals surface area contributed by atoms with Crippen molar-refractivity contribution in [3.63, 3.8) is 0 Å². The Hall–Kier alpha value is -1.71. The zero-order valence-corrected chi connectivity index (χ0v) is 11.9. The van der Waals surface area contributed by atoms with Crippen LogP contribution in [0.5, 0.6) is 0 Å². The van der Waals surface area contributed by atoms with Gasteiger partial charge in [-0.05, 0) is 47.6 Å². The van der Waals surface area contributed by atoms with Crippen molar-refractivity contribution in [3.05, 3.63) is 71.0 Å². The molecule has 3 rings (SSSR count). The molecule has 2 nitrogen and oxygen atoms in total. The average Bonchev–Trinajstić information content (AvgIpc) is 2.47. The summed E-state index contributed by atoms with van der Waals surface area (Å²) in [5.74, 6) is 0.378. The normalized spacial score (nSPS) is 21.0. The van der Waals surface area contributed by atoms with Crippen molar-refractivity contribution in [2.45, 2.75) is 38.0 Å². The summed E-state index contributed by atoms with van der Waals surface area (Å²) >= 11 is 0. The van der Waals surface area contributed by atoms with Gasteiger partial charge in [0, 0.05) is 12.6 Å². The van der Waals surface area contributed by atoms with Crippen LogP contribution in [0, 0.1) is 5.82 Å². The van der Waals surface area contributed by atoms with Gasteiger partial charge in [-0.2, -0.15) is 0 Å². The first-order chi connectivity index (χ1) is 10.2. The molecule has 2 aromatic carbocycles. The Kier molecular flexibility index (Phi) is 4.32. The molecule has 0 aromatic heterocycles. The minimum atomic E-state index is -0.170. The second kappa shape index (κ2) is 6.37. The van der Waals surface area contributed by atoms with Crippen molar-refractivity contribution < 1.29 is 9.50 Å². The van der Waals surface area contributed by atoms with E-state index in [2.05, 4.69) is 11.4 Å². The summed E-state index contributed by atoms with van der Waals surface area (Å²) in [7, 11) is 0. The lowest BCUT2D eigenvalue weighted by atomic mass is 9.76. The summed E-state index contributed by atoms with van der Waals surface area (Å²) in [5.41, 5.74) is 3.38. The predicted molar refractivity (Wildman–Crippen MR) is 81.4 cm³/mol. The lowest BCUT2D eigenvalue weighted by Crippen LogP contribution is -2.39. The van der Waals surface area contributed by atoms with Crippen LogP contribution in [0.25, 0.3) is 0 Å². The second-order valence-corrected chi connectivity index (χ2v) is 5.78. The monoisotopic (exact) mass is 285 g/mol. The fourth-order valence-corrected chi connectivity index (χ4v) is 2.89. The Morgan fingerprint density at radius 2 is 1.76 bits per heavy atom. The van der Waals surface area contributed by atoms with Crippen molar-refractivity contribution in [1.82, 2.24) is 5.32 Å². The van der Waals surface area contributed by atoms with Gasteiger partial charge in [-0.3, -0.25) is 0 Å². The number of halogens is 1. The van der Waals surface area contributed by atoms with Crippen LogP contribution in [0.15, 0.2) is 48.5 Å². The molecule has 1 fully saturated rings. The fraction of sp³-hybridized carbons (Fsp3) is 0.333. The predicted octanol–water partition coefficient (Wildman–Crippen LogP) is 3.35. The highest BCUT2D eigenvalue weighted by Crippen LogP contribution is 2.36. The number of aliphatic hydroxyl groups excluding tert-OH is 1. The van der Waals surface area contributed by atoms with E-state index in [1.807, 2.05) is 30.3 Å². The summed E-state index contributed by atoms with van der Waals surface area (Å²) < 4.78 is 12.9. The quantitative estimate of drug-likeness (QED) is 0.883. The largest absolute Gasteiger partial charge is 0.392 e. The van der Waals surface area contributed by atoms with E-state index < -0.39 is 0 Å². The van der Waals surface area contributed by atoms with Crippen molar-refractivity contribution >= 4 is 0 Å². The Balaban J connectivity index is 1.47. The van der Waals surface area contributed by atoms with Gasteiger partial charge in [-0.25, -0.2) is 4.39 Å². The Bertz CT molecular complexity index is 590. The highest BCUT2D eigenvalue weighted by atomic mass is 19.1. The van der Waals surface area contributed by atoms with Crippen LogP contribution in [0.2, 0.25) is 0 Å². The number of benzene rings is 2. The Labute approximate surface area is 124 Å². The molecule has 1 aliphatic rings. The van der Waals surface area contributed by atoms with E-state index in [1.165, 1.54) is 23.3 Å². The summed E-state index contributed by atoms with van der Waals surface area (Å²) in [6, 6.07) is 15.4. The van der Waals surface area contributed by atoms with Gasteiger partial charge in [-0.1, -0.05) is 36.4 Å². The third kappa shape index (κ3) is 3.49. The van der Waals surface area contributed by atoms with Crippen molar-refractivity contribution in [3.8, 4) is 0 Å². The lowest BCUT2D eigenvalue weighted by molar-refractivity contribution is 0.281. The van der Waals surface area contributed by atoms with Gasteiger partial charge >= 0.3 is 0 Å². The van der Waals surface area contributed by atoms with Gasteiger partial charge in [-0.15, -0.1) is 0 Å². The van der Waals surface area contributed by atoms with Crippen molar-refractivity contribution in [2.75, 3.05) is 0 Å². The highest BCUT2D eigenvalue weighted by molar-refractivity contribution is 5.25. The smallest absolute Gasteiger partial charge is 0.123 e. The van der Waals surface area contributed by atoms with E-state index in [-0.39, 0.29) is 12.4 Å². The van der Waals surface area contributed by atoms with Crippen molar-refractivity contribution in [1.29, 1.82) is 0 Å². The maximum absolute atomic E-state index is 12.9. The molecular formula is C18H20FNO. The molecule has 0 heterocycles. The highest BCUT2D eigenvalue weighted by Gasteiger charge is 2.29. The van der Waals surface area contributed by atoms with Crippen LogP contribution >= 0.6 is 0 Å². The molecule has 0 unspecified atom stereocenters. The molecule has 110 valence electrons. The number of hydrogen-bond acceptors (Lipinski definition) is 2. The lowest BCUT2D eigenvalue weighted by Gasteiger charge is -2.36. The molecule has 3 heteroatoms. The SMILES string of the molecule is OCc1cccc(CNC2CC(c3ccc(F)cc3)C2)c1. The molecule has 2 N–H and O–H groups in total. The summed E-state index contributed by atoms with van der Waals surface area (Å²) in [4.78, 5) is 0. The van der Waals surface area contributed by atoms with Gasteiger partial charge in [0.1, 0.15) is 5.82 Å². The van der Waals surface area contributed by atoms with Crippen LogP contribution in [0.3, 0.4) is 0 Å². The number of rotatable bonds is 5. The maximum atomic E-state index is 12.9. The number of nitrogens with one attached hydrogen (secondary N) is 1. The maximum Gasteiger partial charge on any atom is 0.123 e. The van der Waals surface area contributed by atoms with E-state index >= 15 is 0 Å². The van der Waals surface area contributed by atoms with Gasteiger partial charge in [0.2, 0.25) is 0 Å². The van der Waals surface area contributed by atoms with Gasteiger partial charge in [0.25, 0.3) is 0 Å². The third-order valence-electron chi connectivity index (χ3n) is 4.25. The van der Waals surface area contributed by atoms with E-state index in [0.717, 1.165) is 24.9 Å². The molecule has 1 aliphatic carbocycles. The molecule has 21 heavy (non-hydrogen) atoms. The Morgan fingerprint density at radius 3 is 2.48 bits per heavy atom. The van der Waals surface area contributed by atoms with E-state index in [1.54, 1.807) is 0 Å². The third-order valence-corrected chi connectivity index (χ3v) is 4.25. The van der Waals surface area contributed by atoms with Gasteiger partial charge < -0.3 is 10.4 Å². The first-order valence-corrected chi connectivity index (χ1v) is 7.42. The molecule has 0 radical (unpaired) electrons. The second-order valence-electron chi connectivity index (χ2n) is 5.78. The molecular weight excluding hydrogens is 265 g/mol. The molecule has 1 saturated carbocycles. The van der Waals surface area contributed by atoms with Gasteiger partial charge in [0.15, 0.2) is 0 Å². The molecule has 0 amide bonds. The van der Waals surface area contributed by atoms with Crippen LogP contribution in [0.1, 0.15) is 35.4 Å². The number of aliphatic hydroxyl groups is 1. The Morgan fingerprint density at radius 1 is 1.05 bits per heavy atom. The van der Waals surface area contributed by atoms with Crippen molar-refractivity contribution in [2.24, 2.45) is 0 Å². The van der Waals surface area contributed by atoms with E-state index in [4.69, 9.17) is 5.11 Å². The molecule has 2 aromatic rings. The standard InChI is InChI=1S/C18H20FNO/c19-17-6-4-15(5-7-17)16-9-18(10-16)20-11-13-2-1-3-14(8-13)12-21/h1-8,16,18,20-21H,9-12H2. The summed E-state index contributed by atoms with van der Waals surface area (Å²) in [6.07, 6.45) is 2.21. The van der Waals surface area contributed by atoms with E-state index in [9.17, 15) is 4.39 Å². The van der Waals surface area contributed by atoms with Crippen LogP contribution in [-0.4, -0.2) is 11.1 Å². The molecule has 0 aliphatic heterocycles. The zero-order valence-electron chi connectivity index (χ0n) is 11.9. The van der Waals surface area contributed by atoms with Crippen LogP contribution < -0.4 is 5.32 Å². The minimum Gasteiger partial charge on any atom is -0.392 e. The fourth-order valence-electron chi connectivity index (χ4n) is 2.89.